The van der Waals surface area contributed by atoms with Crippen LogP contribution >= 0.6 is 0 Å². The average molecular weight is 628 g/mol. The fourth-order valence-corrected chi connectivity index (χ4v) is 7.37. The quantitative estimate of drug-likeness (QED) is 0.186. The first-order valence-corrected chi connectivity index (χ1v) is 16.7. The van der Waals surface area contributed by atoms with Crippen molar-refractivity contribution in [3.05, 3.63) is 188 Å². The number of para-hydroxylation sites is 2. The second-order valence-electron chi connectivity index (χ2n) is 12.4. The van der Waals surface area contributed by atoms with Crippen molar-refractivity contribution in [1.82, 2.24) is 4.57 Å². The van der Waals surface area contributed by atoms with E-state index in [9.17, 15) is 0 Å². The van der Waals surface area contributed by atoms with E-state index >= 15 is 0 Å². The number of anilines is 4. The molecule has 0 saturated carbocycles. The summed E-state index contributed by atoms with van der Waals surface area (Å²) in [7, 11) is 0. The highest BCUT2D eigenvalue weighted by Crippen LogP contribution is 2.49. The molecule has 0 fully saturated rings. The Morgan fingerprint density at radius 1 is 0.388 bits per heavy atom. The molecule has 0 radical (unpaired) electrons. The lowest BCUT2D eigenvalue weighted by Crippen LogP contribution is -2.13. The molecule has 0 saturated heterocycles. The summed E-state index contributed by atoms with van der Waals surface area (Å²) in [4.78, 5) is 2.40. The van der Waals surface area contributed by atoms with Gasteiger partial charge < -0.3 is 15.2 Å². The molecule has 49 heavy (non-hydrogen) atoms. The van der Waals surface area contributed by atoms with E-state index in [0.717, 1.165) is 50.7 Å². The molecule has 9 aromatic rings. The Bertz CT molecular complexity index is 2540. The maximum absolute atomic E-state index is 6.87. The van der Waals surface area contributed by atoms with Crippen LogP contribution < -0.4 is 10.6 Å². The smallest absolute Gasteiger partial charge is 0.0548 e. The van der Waals surface area contributed by atoms with E-state index in [1.807, 2.05) is 6.07 Å². The Labute approximate surface area is 285 Å². The van der Waals surface area contributed by atoms with E-state index < -0.39 is 0 Å². The van der Waals surface area contributed by atoms with Crippen LogP contribution in [0.3, 0.4) is 0 Å². The van der Waals surface area contributed by atoms with Crippen LogP contribution in [0.4, 0.5) is 22.7 Å². The number of rotatable bonds is 6. The van der Waals surface area contributed by atoms with E-state index in [1.165, 1.54) is 32.6 Å². The fourth-order valence-electron chi connectivity index (χ4n) is 7.37. The average Bonchev–Trinajstić information content (AvgIpc) is 3.51. The zero-order valence-corrected chi connectivity index (χ0v) is 26.9. The summed E-state index contributed by atoms with van der Waals surface area (Å²) in [5.74, 6) is 0. The van der Waals surface area contributed by atoms with E-state index in [2.05, 4.69) is 191 Å². The first-order chi connectivity index (χ1) is 24.3. The zero-order chi connectivity index (χ0) is 32.7. The molecule has 1 heterocycles. The summed E-state index contributed by atoms with van der Waals surface area (Å²) in [5.41, 5.74) is 18.6. The number of hydrogen-bond donors (Lipinski definition) is 1. The molecule has 0 spiro atoms. The van der Waals surface area contributed by atoms with Gasteiger partial charge in [-0.15, -0.1) is 0 Å². The van der Waals surface area contributed by atoms with Crippen molar-refractivity contribution in [2.75, 3.05) is 10.6 Å². The minimum Gasteiger partial charge on any atom is -0.398 e. The largest absolute Gasteiger partial charge is 0.398 e. The molecule has 9 rings (SSSR count). The molecule has 2 N–H and O–H groups in total. The molecule has 0 aliphatic carbocycles. The molecule has 8 aromatic carbocycles. The van der Waals surface area contributed by atoms with Gasteiger partial charge in [-0.25, -0.2) is 0 Å². The van der Waals surface area contributed by atoms with E-state index in [4.69, 9.17) is 5.73 Å². The summed E-state index contributed by atoms with van der Waals surface area (Å²) < 4.78 is 2.36. The second kappa shape index (κ2) is 11.9. The van der Waals surface area contributed by atoms with Gasteiger partial charge in [0.2, 0.25) is 0 Å². The van der Waals surface area contributed by atoms with Crippen LogP contribution in [0.2, 0.25) is 0 Å². The maximum atomic E-state index is 6.87. The Morgan fingerprint density at radius 2 is 0.918 bits per heavy atom. The summed E-state index contributed by atoms with van der Waals surface area (Å²) >= 11 is 0. The van der Waals surface area contributed by atoms with Gasteiger partial charge in [-0.3, -0.25) is 0 Å². The number of nitrogens with zero attached hydrogens (tertiary/aromatic N) is 2. The molecule has 1 aromatic heterocycles. The Hall–Kier alpha value is -6.58. The van der Waals surface area contributed by atoms with Crippen LogP contribution in [-0.4, -0.2) is 4.57 Å². The Balaban J connectivity index is 1.31. The van der Waals surface area contributed by atoms with E-state index in [1.54, 1.807) is 0 Å². The SMILES string of the molecule is Nc1ccc(N(c2ccc(-n3c4ccccc4c4ccccc43)cc2)c2cccc3ccccc23)c(-c2ccccc2)c1-c1ccccc1. The molecule has 0 atom stereocenters. The van der Waals surface area contributed by atoms with Gasteiger partial charge in [0.05, 0.1) is 22.4 Å². The van der Waals surface area contributed by atoms with Crippen LogP contribution in [-0.2, 0) is 0 Å². The molecule has 232 valence electrons. The Kier molecular flexibility index (Phi) is 6.95. The zero-order valence-electron chi connectivity index (χ0n) is 26.9. The normalized spacial score (nSPS) is 11.3. The lowest BCUT2D eigenvalue weighted by atomic mass is 9.90. The lowest BCUT2D eigenvalue weighted by molar-refractivity contribution is 1.17. The second-order valence-corrected chi connectivity index (χ2v) is 12.4. The number of fused-ring (bicyclic) bond motifs is 4. The van der Waals surface area contributed by atoms with Gasteiger partial charge in [-0.1, -0.05) is 133 Å². The first-order valence-electron chi connectivity index (χ1n) is 16.7. The number of nitrogen functional groups attached to an aromatic ring is 1. The van der Waals surface area contributed by atoms with Gasteiger partial charge in [-0.2, -0.15) is 0 Å². The van der Waals surface area contributed by atoms with Crippen molar-refractivity contribution in [2.45, 2.75) is 0 Å². The molecule has 0 aliphatic rings. The van der Waals surface area contributed by atoms with Gasteiger partial charge in [0, 0.05) is 44.3 Å². The minimum absolute atomic E-state index is 0.744. The summed E-state index contributed by atoms with van der Waals surface area (Å²) in [6, 6.07) is 66.7. The number of hydrogen-bond acceptors (Lipinski definition) is 2. The van der Waals surface area contributed by atoms with Crippen LogP contribution in [0.1, 0.15) is 0 Å². The van der Waals surface area contributed by atoms with Gasteiger partial charge in [0.1, 0.15) is 0 Å². The number of nitrogens with two attached hydrogens (primary N) is 1. The van der Waals surface area contributed by atoms with Gasteiger partial charge in [0.25, 0.3) is 0 Å². The molecule has 3 heteroatoms. The monoisotopic (exact) mass is 627 g/mol. The minimum atomic E-state index is 0.744. The lowest BCUT2D eigenvalue weighted by Gasteiger charge is -2.31. The van der Waals surface area contributed by atoms with E-state index in [-0.39, 0.29) is 0 Å². The van der Waals surface area contributed by atoms with Crippen molar-refractivity contribution in [2.24, 2.45) is 0 Å². The highest BCUT2D eigenvalue weighted by molar-refractivity contribution is 6.09. The predicted molar refractivity (Wildman–Crippen MR) is 208 cm³/mol. The van der Waals surface area contributed by atoms with Crippen molar-refractivity contribution in [1.29, 1.82) is 0 Å². The Morgan fingerprint density at radius 3 is 1.57 bits per heavy atom. The molecule has 3 nitrogen and oxygen atoms in total. The molecule has 0 bridgehead atoms. The fraction of sp³-hybridized carbons (Fsp3) is 0. The van der Waals surface area contributed by atoms with Gasteiger partial charge in [-0.05, 0) is 71.1 Å². The summed E-state index contributed by atoms with van der Waals surface area (Å²) in [6.07, 6.45) is 0. The molecule has 0 aliphatic heterocycles. The third-order valence-electron chi connectivity index (χ3n) is 9.54. The van der Waals surface area contributed by atoms with Crippen LogP contribution in [0.25, 0.3) is 60.5 Å². The van der Waals surface area contributed by atoms with Crippen molar-refractivity contribution < 1.29 is 0 Å². The van der Waals surface area contributed by atoms with Crippen molar-refractivity contribution >= 4 is 55.3 Å². The highest BCUT2D eigenvalue weighted by atomic mass is 15.1. The topological polar surface area (TPSA) is 34.2 Å². The third-order valence-corrected chi connectivity index (χ3v) is 9.54. The molecule has 0 amide bonds. The molecular weight excluding hydrogens is 595 g/mol. The van der Waals surface area contributed by atoms with Gasteiger partial charge >= 0.3 is 0 Å². The summed E-state index contributed by atoms with van der Waals surface area (Å²) in [5, 5.41) is 4.87. The van der Waals surface area contributed by atoms with Crippen LogP contribution in [0.5, 0.6) is 0 Å². The third kappa shape index (κ3) is 4.83. The molecular formula is C46H33N3. The van der Waals surface area contributed by atoms with E-state index in [0.29, 0.717) is 0 Å². The van der Waals surface area contributed by atoms with Crippen molar-refractivity contribution in [3.63, 3.8) is 0 Å². The highest BCUT2D eigenvalue weighted by Gasteiger charge is 2.24. The maximum Gasteiger partial charge on any atom is 0.0548 e. The summed E-state index contributed by atoms with van der Waals surface area (Å²) in [6.45, 7) is 0. The van der Waals surface area contributed by atoms with Gasteiger partial charge in [0.15, 0.2) is 0 Å². The standard InChI is InChI=1S/C46H33N3/c47-40-30-31-44(46(34-17-5-2-6-18-34)45(40)33-15-3-1-4-16-33)49(41-25-13-19-32-14-7-8-20-37(32)41)36-28-26-35(27-29-36)48-42-23-11-9-21-38(42)39-22-10-12-24-43(39)48/h1-31H,47H2. The predicted octanol–water partition coefficient (Wildman–Crippen LogP) is 12.3. The van der Waals surface area contributed by atoms with Crippen LogP contribution in [0, 0.1) is 0 Å². The number of aromatic nitrogens is 1. The van der Waals surface area contributed by atoms with Crippen LogP contribution in [0.15, 0.2) is 188 Å². The molecule has 0 unspecified atom stereocenters. The van der Waals surface area contributed by atoms with Crippen molar-refractivity contribution in [3.8, 4) is 27.9 Å². The number of benzene rings is 8. The first kappa shape index (κ1) is 28.6.